The van der Waals surface area contributed by atoms with Crippen LogP contribution in [0.4, 0.5) is 0 Å². The van der Waals surface area contributed by atoms with Gasteiger partial charge in [-0.3, -0.25) is 0 Å². The molecule has 0 radical (unpaired) electrons. The van der Waals surface area contributed by atoms with E-state index in [4.69, 9.17) is 4.84 Å². The van der Waals surface area contributed by atoms with Gasteiger partial charge in [-0.15, -0.1) is 0 Å². The van der Waals surface area contributed by atoms with E-state index in [1.54, 1.807) is 0 Å². The van der Waals surface area contributed by atoms with Gasteiger partial charge in [0.2, 0.25) is 0 Å². The summed E-state index contributed by atoms with van der Waals surface area (Å²) < 4.78 is 0. The fourth-order valence-corrected chi connectivity index (χ4v) is 6.36. The van der Waals surface area contributed by atoms with Gasteiger partial charge in [-0.1, -0.05) is 51.9 Å². The second kappa shape index (κ2) is 4.53. The average molecular weight is 329 g/mol. The Labute approximate surface area is 145 Å². The first kappa shape index (κ1) is 16.4. The van der Waals surface area contributed by atoms with E-state index in [-0.39, 0.29) is 22.2 Å². The topological polar surface area (TPSA) is 38.7 Å². The van der Waals surface area contributed by atoms with Crippen LogP contribution in [0.2, 0.25) is 0 Å². The van der Waals surface area contributed by atoms with Gasteiger partial charge in [0, 0.05) is 5.41 Å². The molecule has 0 aromatic rings. The molecule has 4 aliphatic carbocycles. The minimum Gasteiger partial charge on any atom is -0.317 e. The van der Waals surface area contributed by atoms with Crippen molar-refractivity contribution in [3.63, 3.8) is 0 Å². The van der Waals surface area contributed by atoms with Crippen LogP contribution >= 0.6 is 0 Å². The molecule has 3 nitrogen and oxygen atoms in total. The van der Waals surface area contributed by atoms with Gasteiger partial charge in [0.1, 0.15) is 0 Å². The Balaban J connectivity index is 1.56. The van der Waals surface area contributed by atoms with E-state index in [1.807, 2.05) is 0 Å². The van der Waals surface area contributed by atoms with Crippen LogP contribution in [-0.2, 0) is 9.63 Å². The first-order valence-corrected chi connectivity index (χ1v) is 9.54. The number of rotatable bonds is 2. The van der Waals surface area contributed by atoms with Crippen molar-refractivity contribution in [3.05, 3.63) is 12.2 Å². The molecule has 3 heteroatoms. The van der Waals surface area contributed by atoms with Crippen molar-refractivity contribution in [3.8, 4) is 0 Å². The Morgan fingerprint density at radius 3 is 2.29 bits per heavy atom. The third-order valence-electron chi connectivity index (χ3n) is 9.03. The summed E-state index contributed by atoms with van der Waals surface area (Å²) in [5.74, 6) is 1.08. The number of hydrogen-bond acceptors (Lipinski definition) is 3. The first-order chi connectivity index (χ1) is 11.1. The molecule has 4 unspecified atom stereocenters. The van der Waals surface area contributed by atoms with Crippen molar-refractivity contribution in [1.29, 1.82) is 0 Å². The van der Waals surface area contributed by atoms with Crippen LogP contribution in [0.5, 0.6) is 0 Å². The molecule has 4 fully saturated rings. The second-order valence-corrected chi connectivity index (χ2v) is 10.1. The molecule has 0 N–H and O–H groups in total. The number of nitrogens with zero attached hydrogens (tertiary/aromatic N) is 1. The number of fused-ring (bicyclic) bond motifs is 4. The van der Waals surface area contributed by atoms with Crippen molar-refractivity contribution in [2.45, 2.75) is 73.1 Å². The minimum absolute atomic E-state index is 0.0464. The molecule has 4 saturated carbocycles. The minimum atomic E-state index is -0.480. The Kier molecular flexibility index (Phi) is 3.09. The molecule has 0 saturated heterocycles. The van der Waals surface area contributed by atoms with Crippen molar-refractivity contribution in [2.75, 3.05) is 0 Å². The molecule has 0 spiro atoms. The van der Waals surface area contributed by atoms with Gasteiger partial charge in [-0.25, -0.2) is 4.79 Å². The zero-order chi connectivity index (χ0) is 17.5. The van der Waals surface area contributed by atoms with E-state index >= 15 is 0 Å². The summed E-state index contributed by atoms with van der Waals surface area (Å²) in [5, 5.41) is 4.44. The summed E-state index contributed by atoms with van der Waals surface area (Å²) in [6.07, 6.45) is 6.30. The molecule has 4 rings (SSSR count). The maximum atomic E-state index is 13.0. The predicted octanol–water partition coefficient (Wildman–Crippen LogP) is 5.11. The molecule has 0 heterocycles. The summed E-state index contributed by atoms with van der Waals surface area (Å²) in [5.41, 5.74) is 2.08. The van der Waals surface area contributed by atoms with Gasteiger partial charge in [-0.2, -0.15) is 0 Å². The normalized spacial score (nSPS) is 46.0. The SMILES string of the molecule is C=C1C2(C(=O)ON=C3CC4CCC3(C)C4(C)C)CCC(C2)C1(C)C. The van der Waals surface area contributed by atoms with Crippen LogP contribution in [0.15, 0.2) is 17.3 Å². The molecule has 24 heavy (non-hydrogen) atoms. The monoisotopic (exact) mass is 329 g/mol. The largest absolute Gasteiger partial charge is 0.345 e. The lowest BCUT2D eigenvalue weighted by atomic mass is 9.68. The molecular weight excluding hydrogens is 298 g/mol. The fraction of sp³-hybridized carbons (Fsp3) is 0.810. The molecule has 4 bridgehead atoms. The standard InChI is InChI=1S/C21H31NO2/c1-13-18(2,3)15-8-10-21(13,12-15)17(23)24-22-16-11-14-7-9-20(16,6)19(14,4)5/h14-15H,1,7-12H2,2-6H3. The quantitative estimate of drug-likeness (QED) is 0.401. The maximum Gasteiger partial charge on any atom is 0.345 e. The van der Waals surface area contributed by atoms with Crippen LogP contribution in [0, 0.1) is 33.5 Å². The number of oxime groups is 1. The van der Waals surface area contributed by atoms with Gasteiger partial charge < -0.3 is 4.84 Å². The van der Waals surface area contributed by atoms with Crippen molar-refractivity contribution >= 4 is 11.7 Å². The lowest BCUT2D eigenvalue weighted by molar-refractivity contribution is -0.153. The van der Waals surface area contributed by atoms with Crippen molar-refractivity contribution in [2.24, 2.45) is 38.7 Å². The van der Waals surface area contributed by atoms with E-state index < -0.39 is 5.41 Å². The van der Waals surface area contributed by atoms with E-state index in [0.29, 0.717) is 11.8 Å². The summed E-state index contributed by atoms with van der Waals surface area (Å²) in [6, 6.07) is 0. The maximum absolute atomic E-state index is 13.0. The zero-order valence-electron chi connectivity index (χ0n) is 15.9. The fourth-order valence-electron chi connectivity index (χ4n) is 6.36. The lowest BCUT2D eigenvalue weighted by Crippen LogP contribution is -2.35. The van der Waals surface area contributed by atoms with Gasteiger partial charge in [-0.05, 0) is 61.2 Å². The molecule has 0 aliphatic heterocycles. The van der Waals surface area contributed by atoms with Crippen LogP contribution in [-0.4, -0.2) is 11.7 Å². The highest BCUT2D eigenvalue weighted by Gasteiger charge is 2.63. The van der Waals surface area contributed by atoms with E-state index in [2.05, 4.69) is 46.4 Å². The van der Waals surface area contributed by atoms with E-state index in [9.17, 15) is 4.79 Å². The average Bonchev–Trinajstić information content (AvgIpc) is 3.16. The third kappa shape index (κ3) is 1.69. The second-order valence-electron chi connectivity index (χ2n) is 10.1. The van der Waals surface area contributed by atoms with Gasteiger partial charge >= 0.3 is 5.97 Å². The third-order valence-corrected chi connectivity index (χ3v) is 9.03. The van der Waals surface area contributed by atoms with Crippen LogP contribution < -0.4 is 0 Å². The highest BCUT2D eigenvalue weighted by atomic mass is 16.7. The molecule has 132 valence electrons. The number of carbonyl (C=O) groups excluding carboxylic acids is 1. The van der Waals surface area contributed by atoms with Crippen LogP contribution in [0.3, 0.4) is 0 Å². The number of carbonyl (C=O) groups is 1. The predicted molar refractivity (Wildman–Crippen MR) is 95.5 cm³/mol. The molecular formula is C21H31NO2. The summed E-state index contributed by atoms with van der Waals surface area (Å²) >= 11 is 0. The Hall–Kier alpha value is -1.12. The summed E-state index contributed by atoms with van der Waals surface area (Å²) in [7, 11) is 0. The van der Waals surface area contributed by atoms with Crippen molar-refractivity contribution < 1.29 is 9.63 Å². The lowest BCUT2D eigenvalue weighted by Gasteiger charge is -2.36. The highest BCUT2D eigenvalue weighted by molar-refractivity contribution is 5.94. The van der Waals surface area contributed by atoms with Crippen molar-refractivity contribution in [1.82, 2.24) is 0 Å². The van der Waals surface area contributed by atoms with Crippen LogP contribution in [0.25, 0.3) is 0 Å². The first-order valence-electron chi connectivity index (χ1n) is 9.54. The highest BCUT2D eigenvalue weighted by Crippen LogP contribution is 2.66. The molecule has 0 aromatic carbocycles. The molecule has 0 amide bonds. The zero-order valence-corrected chi connectivity index (χ0v) is 15.9. The van der Waals surface area contributed by atoms with E-state index in [1.165, 1.54) is 6.42 Å². The Bertz CT molecular complexity index is 659. The Morgan fingerprint density at radius 2 is 1.79 bits per heavy atom. The van der Waals surface area contributed by atoms with Crippen LogP contribution in [0.1, 0.15) is 73.1 Å². The summed E-state index contributed by atoms with van der Waals surface area (Å²) in [6.45, 7) is 15.7. The molecule has 0 aromatic heterocycles. The Morgan fingerprint density at radius 1 is 1.12 bits per heavy atom. The van der Waals surface area contributed by atoms with Gasteiger partial charge in [0.15, 0.2) is 0 Å². The number of hydrogen-bond donors (Lipinski definition) is 0. The smallest absolute Gasteiger partial charge is 0.317 e. The molecule has 4 aliphatic rings. The van der Waals surface area contributed by atoms with E-state index in [0.717, 1.165) is 43.4 Å². The van der Waals surface area contributed by atoms with Gasteiger partial charge in [0.25, 0.3) is 0 Å². The molecule has 4 atom stereocenters. The summed E-state index contributed by atoms with van der Waals surface area (Å²) in [4.78, 5) is 18.6. The van der Waals surface area contributed by atoms with Gasteiger partial charge in [0.05, 0.1) is 11.1 Å².